The monoisotopic (exact) mass is 307 g/mol. The number of carbonyl (C=O) groups excluding carboxylic acids is 2. The van der Waals surface area contributed by atoms with Crippen LogP contribution in [0.25, 0.3) is 0 Å². The van der Waals surface area contributed by atoms with Gasteiger partial charge in [0.15, 0.2) is 0 Å². The van der Waals surface area contributed by atoms with E-state index in [0.29, 0.717) is 19.6 Å². The second kappa shape index (κ2) is 7.13. The summed E-state index contributed by atoms with van der Waals surface area (Å²) in [5.74, 6) is -0.332. The van der Waals surface area contributed by atoms with Gasteiger partial charge in [-0.3, -0.25) is 4.79 Å². The maximum absolute atomic E-state index is 12.5. The Kier molecular flexibility index (Phi) is 5.21. The van der Waals surface area contributed by atoms with E-state index in [-0.39, 0.29) is 35.4 Å². The fraction of sp³-hybridized carbons (Fsp3) is 0.467. The van der Waals surface area contributed by atoms with Gasteiger partial charge in [-0.15, -0.1) is 0 Å². The molecule has 0 aromatic heterocycles. The molecule has 7 nitrogen and oxygen atoms in total. The number of rotatable bonds is 4. The summed E-state index contributed by atoms with van der Waals surface area (Å²) >= 11 is 0. The molecule has 1 aromatic rings. The third-order valence-corrected chi connectivity index (χ3v) is 3.64. The van der Waals surface area contributed by atoms with Crippen LogP contribution in [0.5, 0.6) is 5.75 Å². The predicted molar refractivity (Wildman–Crippen MR) is 80.8 cm³/mol. The average molecular weight is 307 g/mol. The molecule has 1 heterocycles. The number of aromatic hydroxyl groups is 1. The molecule has 0 saturated carbocycles. The molecule has 120 valence electrons. The first-order chi connectivity index (χ1) is 10.6. The topological polar surface area (TPSA) is 90.9 Å². The molecule has 7 heteroatoms. The van der Waals surface area contributed by atoms with Gasteiger partial charge in [0.05, 0.1) is 17.7 Å². The van der Waals surface area contributed by atoms with Crippen molar-refractivity contribution in [3.63, 3.8) is 0 Å². The molecule has 0 bridgehead atoms. The number of phenolic OH excluding ortho intramolecular Hbond substituents is 1. The Morgan fingerprint density at radius 1 is 1.36 bits per heavy atom. The Bertz CT molecular complexity index is 549. The molecule has 0 unspecified atom stereocenters. The zero-order valence-electron chi connectivity index (χ0n) is 12.7. The average Bonchev–Trinajstić information content (AvgIpc) is 2.90. The second-order valence-corrected chi connectivity index (χ2v) is 5.11. The van der Waals surface area contributed by atoms with Crippen LogP contribution in [0.15, 0.2) is 24.3 Å². The van der Waals surface area contributed by atoms with Crippen LogP contribution in [-0.4, -0.2) is 60.8 Å². The molecule has 3 amide bonds. The first kappa shape index (κ1) is 16.1. The van der Waals surface area contributed by atoms with E-state index in [4.69, 9.17) is 4.74 Å². The summed E-state index contributed by atoms with van der Waals surface area (Å²) in [6, 6.07) is 5.83. The summed E-state index contributed by atoms with van der Waals surface area (Å²) in [4.78, 5) is 25.7. The van der Waals surface area contributed by atoms with Crippen LogP contribution in [0.1, 0.15) is 17.3 Å². The molecule has 1 aliphatic heterocycles. The van der Waals surface area contributed by atoms with E-state index in [2.05, 4.69) is 10.6 Å². The summed E-state index contributed by atoms with van der Waals surface area (Å²) in [6.45, 7) is 3.05. The van der Waals surface area contributed by atoms with Crippen LogP contribution in [0.3, 0.4) is 0 Å². The van der Waals surface area contributed by atoms with Crippen LogP contribution in [0.2, 0.25) is 0 Å². The number of urea groups is 1. The SMILES string of the molecule is CCNC(=O)N[C@@H]1CN(C(=O)c2ccccc2O)C[C@@H]1OC. The Hall–Kier alpha value is -2.28. The quantitative estimate of drug-likeness (QED) is 0.757. The third kappa shape index (κ3) is 3.48. The summed E-state index contributed by atoms with van der Waals surface area (Å²) in [6.07, 6.45) is -0.280. The molecule has 1 aromatic carbocycles. The Labute approximate surface area is 129 Å². The number of carbonyl (C=O) groups is 2. The number of likely N-dealkylation sites (tertiary alicyclic amines) is 1. The summed E-state index contributed by atoms with van der Waals surface area (Å²) in [5.41, 5.74) is 0.246. The number of benzene rings is 1. The molecule has 1 saturated heterocycles. The number of hydrogen-bond donors (Lipinski definition) is 3. The summed E-state index contributed by atoms with van der Waals surface area (Å²) in [7, 11) is 1.55. The van der Waals surface area contributed by atoms with Crippen LogP contribution >= 0.6 is 0 Å². The summed E-state index contributed by atoms with van der Waals surface area (Å²) in [5, 5.41) is 15.2. The van der Waals surface area contributed by atoms with Gasteiger partial charge in [0, 0.05) is 26.7 Å². The van der Waals surface area contributed by atoms with E-state index in [0.717, 1.165) is 0 Å². The molecule has 0 spiro atoms. The first-order valence-electron chi connectivity index (χ1n) is 7.21. The number of nitrogens with zero attached hydrogens (tertiary/aromatic N) is 1. The highest BCUT2D eigenvalue weighted by molar-refractivity contribution is 5.97. The van der Waals surface area contributed by atoms with Gasteiger partial charge in [0.2, 0.25) is 0 Å². The van der Waals surface area contributed by atoms with Crippen molar-refractivity contribution in [3.05, 3.63) is 29.8 Å². The highest BCUT2D eigenvalue weighted by Gasteiger charge is 2.37. The third-order valence-electron chi connectivity index (χ3n) is 3.64. The Morgan fingerprint density at radius 3 is 2.73 bits per heavy atom. The van der Waals surface area contributed by atoms with Crippen molar-refractivity contribution in [2.45, 2.75) is 19.1 Å². The van der Waals surface area contributed by atoms with Crippen LogP contribution in [-0.2, 0) is 4.74 Å². The fourth-order valence-electron chi connectivity index (χ4n) is 2.52. The van der Waals surface area contributed by atoms with E-state index < -0.39 is 0 Å². The number of hydrogen-bond acceptors (Lipinski definition) is 4. The van der Waals surface area contributed by atoms with Gasteiger partial charge in [-0.2, -0.15) is 0 Å². The maximum Gasteiger partial charge on any atom is 0.315 e. The lowest BCUT2D eigenvalue weighted by molar-refractivity contribution is 0.0707. The molecule has 1 aliphatic rings. The van der Waals surface area contributed by atoms with Crippen molar-refractivity contribution >= 4 is 11.9 Å². The predicted octanol–water partition coefficient (Wildman–Crippen LogP) is 0.551. The number of nitrogens with one attached hydrogen (secondary N) is 2. The van der Waals surface area contributed by atoms with Crippen LogP contribution < -0.4 is 10.6 Å². The molecule has 1 fully saturated rings. The number of para-hydroxylation sites is 1. The van der Waals surface area contributed by atoms with Crippen molar-refractivity contribution in [1.82, 2.24) is 15.5 Å². The van der Waals surface area contributed by atoms with Gasteiger partial charge in [0.25, 0.3) is 5.91 Å². The molecule has 22 heavy (non-hydrogen) atoms. The second-order valence-electron chi connectivity index (χ2n) is 5.11. The van der Waals surface area contributed by atoms with E-state index in [1.807, 2.05) is 6.92 Å². The minimum Gasteiger partial charge on any atom is -0.507 e. The van der Waals surface area contributed by atoms with Crippen LogP contribution in [0, 0.1) is 0 Å². The lowest BCUT2D eigenvalue weighted by Crippen LogP contribution is -2.48. The highest BCUT2D eigenvalue weighted by atomic mass is 16.5. The molecule has 0 aliphatic carbocycles. The number of amides is 3. The van der Waals surface area contributed by atoms with Crippen molar-refractivity contribution in [2.75, 3.05) is 26.7 Å². The number of phenols is 1. The van der Waals surface area contributed by atoms with Crippen molar-refractivity contribution in [1.29, 1.82) is 0 Å². The lowest BCUT2D eigenvalue weighted by atomic mass is 10.2. The molecular weight excluding hydrogens is 286 g/mol. The Morgan fingerprint density at radius 2 is 2.09 bits per heavy atom. The number of methoxy groups -OCH3 is 1. The van der Waals surface area contributed by atoms with Gasteiger partial charge in [-0.05, 0) is 19.1 Å². The normalized spacial score (nSPS) is 20.7. The van der Waals surface area contributed by atoms with Crippen molar-refractivity contribution in [2.24, 2.45) is 0 Å². The highest BCUT2D eigenvalue weighted by Crippen LogP contribution is 2.21. The molecule has 2 rings (SSSR count). The van der Waals surface area contributed by atoms with Gasteiger partial charge < -0.3 is 25.4 Å². The zero-order chi connectivity index (χ0) is 16.1. The van der Waals surface area contributed by atoms with Crippen molar-refractivity contribution in [3.8, 4) is 5.75 Å². The van der Waals surface area contributed by atoms with Crippen molar-refractivity contribution < 1.29 is 19.4 Å². The Balaban J connectivity index is 2.06. The van der Waals surface area contributed by atoms with Gasteiger partial charge >= 0.3 is 6.03 Å². The molecular formula is C15H21N3O4. The largest absolute Gasteiger partial charge is 0.507 e. The van der Waals surface area contributed by atoms with E-state index in [9.17, 15) is 14.7 Å². The van der Waals surface area contributed by atoms with E-state index in [1.165, 1.54) is 6.07 Å². The minimum atomic E-state index is -0.286. The first-order valence-corrected chi connectivity index (χ1v) is 7.21. The minimum absolute atomic E-state index is 0.0541. The van der Waals surface area contributed by atoms with E-state index >= 15 is 0 Å². The van der Waals surface area contributed by atoms with Crippen LogP contribution in [0.4, 0.5) is 4.79 Å². The van der Waals surface area contributed by atoms with Gasteiger partial charge in [-0.25, -0.2) is 4.79 Å². The maximum atomic E-state index is 12.5. The molecule has 0 radical (unpaired) electrons. The zero-order valence-corrected chi connectivity index (χ0v) is 12.7. The van der Waals surface area contributed by atoms with E-state index in [1.54, 1.807) is 30.2 Å². The number of ether oxygens (including phenoxy) is 1. The standard InChI is InChI=1S/C15H21N3O4/c1-3-16-15(21)17-11-8-18(9-13(11)22-2)14(20)10-6-4-5-7-12(10)19/h4-7,11,13,19H,3,8-9H2,1-2H3,(H2,16,17,21)/t11-,13+/m1/s1. The smallest absolute Gasteiger partial charge is 0.315 e. The summed E-state index contributed by atoms with van der Waals surface area (Å²) < 4.78 is 5.35. The van der Waals surface area contributed by atoms with Gasteiger partial charge in [0.1, 0.15) is 5.75 Å². The fourth-order valence-corrected chi connectivity index (χ4v) is 2.52. The van der Waals surface area contributed by atoms with Gasteiger partial charge in [-0.1, -0.05) is 12.1 Å². The lowest BCUT2D eigenvalue weighted by Gasteiger charge is -2.18. The molecule has 3 N–H and O–H groups in total. The molecule has 2 atom stereocenters.